The lowest BCUT2D eigenvalue weighted by molar-refractivity contribution is 0.842. The number of rotatable bonds is 4. The van der Waals surface area contributed by atoms with Crippen LogP contribution in [0.15, 0.2) is 127 Å². The zero-order chi connectivity index (χ0) is 31.3. The predicted octanol–water partition coefficient (Wildman–Crippen LogP) is 9.60. The van der Waals surface area contributed by atoms with Gasteiger partial charge in [-0.2, -0.15) is 9.97 Å². The molecule has 2 aliphatic rings. The molecule has 0 spiro atoms. The third-order valence-electron chi connectivity index (χ3n) is 10.5. The quantitative estimate of drug-likeness (QED) is 0.198. The number of fused-ring (bicyclic) bond motifs is 9. The van der Waals surface area contributed by atoms with Crippen molar-refractivity contribution in [3.63, 3.8) is 0 Å². The standard InChI is InChI=1S/C43H29N5/c1-4-10-26(11-5-1)41-44-42(27-12-6-2-7-13-27)46-43(45-41)48-37-24-30-18-16-28(30)22-34(37)33-20-21-36-39(40(33)48)35-23-29-17-19-31(29)25-38(35)47(36)32-14-8-3-9-15-32/h1-15,20-25H,16-19H2. The summed E-state index contributed by atoms with van der Waals surface area (Å²) in [5.41, 5.74) is 13.6. The molecule has 3 aromatic heterocycles. The summed E-state index contributed by atoms with van der Waals surface area (Å²) in [5.74, 6) is 1.97. The van der Waals surface area contributed by atoms with E-state index in [0.29, 0.717) is 17.6 Å². The van der Waals surface area contributed by atoms with Crippen LogP contribution in [0.4, 0.5) is 0 Å². The fraction of sp³-hybridized carbons (Fsp3) is 0.0930. The Hall–Kier alpha value is -6.07. The normalized spacial score (nSPS) is 13.5. The summed E-state index contributed by atoms with van der Waals surface area (Å²) < 4.78 is 4.78. The molecule has 3 heterocycles. The molecule has 0 radical (unpaired) electrons. The van der Waals surface area contributed by atoms with E-state index in [1.54, 1.807) is 0 Å². The maximum Gasteiger partial charge on any atom is 0.238 e. The van der Waals surface area contributed by atoms with Gasteiger partial charge in [-0.25, -0.2) is 4.98 Å². The van der Waals surface area contributed by atoms with Crippen LogP contribution < -0.4 is 0 Å². The van der Waals surface area contributed by atoms with Gasteiger partial charge in [0.2, 0.25) is 5.95 Å². The summed E-state index contributed by atoms with van der Waals surface area (Å²) in [4.78, 5) is 15.6. The van der Waals surface area contributed by atoms with Gasteiger partial charge in [-0.05, 0) is 90.4 Å². The van der Waals surface area contributed by atoms with Crippen molar-refractivity contribution in [2.24, 2.45) is 0 Å². The van der Waals surface area contributed by atoms with Gasteiger partial charge in [0.15, 0.2) is 11.6 Å². The first-order valence-electron chi connectivity index (χ1n) is 16.8. The molecule has 5 heteroatoms. The van der Waals surface area contributed by atoms with Crippen molar-refractivity contribution in [3.05, 3.63) is 150 Å². The molecule has 0 saturated carbocycles. The van der Waals surface area contributed by atoms with Gasteiger partial charge in [-0.1, -0.05) is 84.9 Å². The molecule has 9 aromatic rings. The Balaban J connectivity index is 1.33. The third-order valence-corrected chi connectivity index (χ3v) is 10.5. The molecule has 2 aliphatic carbocycles. The Morgan fingerprint density at radius 1 is 0.417 bits per heavy atom. The Morgan fingerprint density at radius 2 is 0.938 bits per heavy atom. The van der Waals surface area contributed by atoms with Gasteiger partial charge in [0.1, 0.15) is 0 Å². The molecule has 0 N–H and O–H groups in total. The topological polar surface area (TPSA) is 48.5 Å². The second-order valence-electron chi connectivity index (χ2n) is 13.2. The summed E-state index contributed by atoms with van der Waals surface area (Å²) in [6, 6.07) is 45.6. The monoisotopic (exact) mass is 615 g/mol. The number of benzene rings is 6. The van der Waals surface area contributed by atoms with Crippen LogP contribution in [0.5, 0.6) is 0 Å². The number of aryl methyl sites for hydroxylation is 4. The van der Waals surface area contributed by atoms with E-state index in [-0.39, 0.29) is 0 Å². The number of para-hydroxylation sites is 1. The van der Waals surface area contributed by atoms with E-state index < -0.39 is 0 Å². The smallest absolute Gasteiger partial charge is 0.238 e. The van der Waals surface area contributed by atoms with E-state index >= 15 is 0 Å². The minimum Gasteiger partial charge on any atom is -0.309 e. The van der Waals surface area contributed by atoms with Gasteiger partial charge < -0.3 is 4.57 Å². The Morgan fingerprint density at radius 3 is 1.52 bits per heavy atom. The van der Waals surface area contributed by atoms with Crippen molar-refractivity contribution in [1.82, 2.24) is 24.1 Å². The van der Waals surface area contributed by atoms with Crippen molar-refractivity contribution < 1.29 is 0 Å². The molecule has 48 heavy (non-hydrogen) atoms. The minimum atomic E-state index is 0.638. The zero-order valence-electron chi connectivity index (χ0n) is 26.2. The number of nitrogens with zero attached hydrogens (tertiary/aromatic N) is 5. The lowest BCUT2D eigenvalue weighted by atomic mass is 9.87. The Labute approximate surface area is 276 Å². The molecule has 5 nitrogen and oxygen atoms in total. The van der Waals surface area contributed by atoms with Crippen molar-refractivity contribution in [1.29, 1.82) is 0 Å². The molecule has 0 bridgehead atoms. The van der Waals surface area contributed by atoms with Crippen LogP contribution >= 0.6 is 0 Å². The van der Waals surface area contributed by atoms with Gasteiger partial charge in [-0.15, -0.1) is 0 Å². The Kier molecular flexibility index (Phi) is 5.28. The first-order chi connectivity index (χ1) is 23.8. The second-order valence-corrected chi connectivity index (χ2v) is 13.2. The highest BCUT2D eigenvalue weighted by molar-refractivity contribution is 6.26. The second kappa shape index (κ2) is 9.72. The van der Waals surface area contributed by atoms with Crippen LogP contribution in [0.1, 0.15) is 22.3 Å². The van der Waals surface area contributed by atoms with Gasteiger partial charge >= 0.3 is 0 Å². The molecule has 11 rings (SSSR count). The lowest BCUT2D eigenvalue weighted by Gasteiger charge is -2.19. The van der Waals surface area contributed by atoms with E-state index in [9.17, 15) is 0 Å². The predicted molar refractivity (Wildman–Crippen MR) is 194 cm³/mol. The fourth-order valence-electron chi connectivity index (χ4n) is 7.95. The molecular weight excluding hydrogens is 587 g/mol. The molecule has 0 amide bonds. The highest BCUT2D eigenvalue weighted by Gasteiger charge is 2.27. The molecule has 0 atom stereocenters. The first kappa shape index (κ1) is 26.0. The van der Waals surface area contributed by atoms with E-state index in [0.717, 1.165) is 47.8 Å². The van der Waals surface area contributed by atoms with Crippen LogP contribution in [0, 0.1) is 0 Å². The highest BCUT2D eigenvalue weighted by atomic mass is 15.2. The van der Waals surface area contributed by atoms with Crippen LogP contribution in [-0.4, -0.2) is 24.1 Å². The van der Waals surface area contributed by atoms with Gasteiger partial charge in [-0.3, -0.25) is 4.57 Å². The Bertz CT molecular complexity index is 2700. The van der Waals surface area contributed by atoms with Crippen molar-refractivity contribution >= 4 is 43.6 Å². The van der Waals surface area contributed by atoms with Gasteiger partial charge in [0.25, 0.3) is 0 Å². The summed E-state index contributed by atoms with van der Waals surface area (Å²) >= 11 is 0. The van der Waals surface area contributed by atoms with Crippen LogP contribution in [0.3, 0.4) is 0 Å². The van der Waals surface area contributed by atoms with Gasteiger partial charge in [0.05, 0.1) is 22.1 Å². The van der Waals surface area contributed by atoms with E-state index in [1.165, 1.54) is 60.5 Å². The van der Waals surface area contributed by atoms with E-state index in [1.807, 2.05) is 36.4 Å². The highest BCUT2D eigenvalue weighted by Crippen LogP contribution is 2.44. The number of hydrogen-bond donors (Lipinski definition) is 0. The summed E-state index contributed by atoms with van der Waals surface area (Å²) in [6.45, 7) is 0. The fourth-order valence-corrected chi connectivity index (χ4v) is 7.95. The van der Waals surface area contributed by atoms with Crippen molar-refractivity contribution in [3.8, 4) is 34.4 Å². The maximum absolute atomic E-state index is 5.27. The summed E-state index contributed by atoms with van der Waals surface area (Å²) in [7, 11) is 0. The maximum atomic E-state index is 5.27. The third kappa shape index (κ3) is 3.64. The van der Waals surface area contributed by atoms with E-state index in [2.05, 4.69) is 100 Å². The lowest BCUT2D eigenvalue weighted by Crippen LogP contribution is -2.09. The van der Waals surface area contributed by atoms with Crippen molar-refractivity contribution in [2.75, 3.05) is 0 Å². The van der Waals surface area contributed by atoms with Crippen LogP contribution in [0.2, 0.25) is 0 Å². The largest absolute Gasteiger partial charge is 0.309 e. The van der Waals surface area contributed by atoms with Gasteiger partial charge in [0, 0.05) is 38.4 Å². The van der Waals surface area contributed by atoms with Crippen LogP contribution in [-0.2, 0) is 25.7 Å². The zero-order valence-corrected chi connectivity index (χ0v) is 26.2. The minimum absolute atomic E-state index is 0.638. The summed E-state index contributed by atoms with van der Waals surface area (Å²) in [6.07, 6.45) is 4.49. The summed E-state index contributed by atoms with van der Waals surface area (Å²) in [5, 5.41) is 4.99. The molecule has 0 fully saturated rings. The van der Waals surface area contributed by atoms with Crippen molar-refractivity contribution in [2.45, 2.75) is 25.7 Å². The van der Waals surface area contributed by atoms with Crippen LogP contribution in [0.25, 0.3) is 78.0 Å². The SMILES string of the molecule is c1ccc(-c2nc(-c3ccccc3)nc(-n3c4cc5c(cc4c4ccc6c(c7cc8c(cc7n6-c6ccccc6)CC8)c43)CC5)n2)cc1. The molecule has 6 aromatic carbocycles. The number of hydrogen-bond acceptors (Lipinski definition) is 3. The first-order valence-corrected chi connectivity index (χ1v) is 16.8. The molecular formula is C43H29N5. The van der Waals surface area contributed by atoms with E-state index in [4.69, 9.17) is 15.0 Å². The average molecular weight is 616 g/mol. The average Bonchev–Trinajstić information content (AvgIpc) is 3.62. The molecule has 226 valence electrons. The molecule has 0 unspecified atom stereocenters. The molecule has 0 aliphatic heterocycles. The number of aromatic nitrogens is 5. The molecule has 0 saturated heterocycles.